The summed E-state index contributed by atoms with van der Waals surface area (Å²) in [4.78, 5) is 19.2. The van der Waals surface area contributed by atoms with Crippen LogP contribution in [0.3, 0.4) is 0 Å². The van der Waals surface area contributed by atoms with Crippen LogP contribution in [0, 0.1) is 0 Å². The minimum atomic E-state index is -5.10. The molecular formula is C13H11ClF3N3O2S. The number of hydrogen-bond acceptors (Lipinski definition) is 4. The lowest BCUT2D eigenvalue weighted by atomic mass is 10.1. The monoisotopic (exact) mass is 365 g/mol. The Hall–Kier alpha value is -1.71. The Kier molecular flexibility index (Phi) is 4.92. The summed E-state index contributed by atoms with van der Waals surface area (Å²) in [7, 11) is 0. The van der Waals surface area contributed by atoms with Crippen LogP contribution in [0.1, 0.15) is 6.92 Å². The number of amides is 1. The predicted octanol–water partition coefficient (Wildman–Crippen LogP) is 3.47. The first-order chi connectivity index (χ1) is 10.6. The van der Waals surface area contributed by atoms with Crippen molar-refractivity contribution in [2.75, 3.05) is 5.32 Å². The van der Waals surface area contributed by atoms with Gasteiger partial charge in [-0.05, 0) is 25.1 Å². The molecular weight excluding hydrogens is 355 g/mol. The molecule has 0 fully saturated rings. The molecule has 0 aliphatic heterocycles. The van der Waals surface area contributed by atoms with Crippen molar-refractivity contribution in [3.8, 4) is 0 Å². The Bertz CT molecular complexity index is 705. The molecule has 0 aliphatic carbocycles. The third kappa shape index (κ3) is 3.98. The highest BCUT2D eigenvalue weighted by molar-refractivity contribution is 7.99. The van der Waals surface area contributed by atoms with Crippen molar-refractivity contribution in [3.63, 3.8) is 0 Å². The molecule has 1 amide bonds. The number of nitrogens with zero attached hydrogens (tertiary/aromatic N) is 1. The van der Waals surface area contributed by atoms with Crippen LogP contribution >= 0.6 is 23.4 Å². The van der Waals surface area contributed by atoms with Crippen LogP contribution in [0.2, 0.25) is 5.02 Å². The molecule has 5 nitrogen and oxygen atoms in total. The smallest absolute Gasteiger partial charge is 0.373 e. The van der Waals surface area contributed by atoms with E-state index in [1.165, 1.54) is 23.9 Å². The number of carbonyl (C=O) groups excluding carboxylic acids is 1. The minimum absolute atomic E-state index is 0.0351. The molecule has 10 heteroatoms. The topological polar surface area (TPSA) is 78.0 Å². The fourth-order valence-corrected chi connectivity index (χ4v) is 2.52. The van der Waals surface area contributed by atoms with Gasteiger partial charge < -0.3 is 15.4 Å². The van der Waals surface area contributed by atoms with Crippen molar-refractivity contribution in [2.45, 2.75) is 28.8 Å². The second-order valence-corrected chi connectivity index (χ2v) is 6.13. The number of alkyl halides is 3. The lowest BCUT2D eigenvalue weighted by molar-refractivity contribution is -0.242. The van der Waals surface area contributed by atoms with E-state index < -0.39 is 17.7 Å². The molecule has 2 aromatic rings. The van der Waals surface area contributed by atoms with Crippen LogP contribution in [0.4, 0.5) is 18.9 Å². The first-order valence-corrected chi connectivity index (χ1v) is 7.38. The van der Waals surface area contributed by atoms with Crippen molar-refractivity contribution in [1.82, 2.24) is 9.97 Å². The molecule has 0 saturated carbocycles. The van der Waals surface area contributed by atoms with Crippen molar-refractivity contribution >= 4 is 35.0 Å². The zero-order chi connectivity index (χ0) is 17.3. The molecule has 1 aromatic heterocycles. The molecule has 1 heterocycles. The molecule has 3 N–H and O–H groups in total. The highest BCUT2D eigenvalue weighted by atomic mass is 35.5. The maximum absolute atomic E-state index is 12.6. The molecule has 0 radical (unpaired) electrons. The Balaban J connectivity index is 2.14. The van der Waals surface area contributed by atoms with Gasteiger partial charge in [0, 0.05) is 17.3 Å². The fourth-order valence-electron chi connectivity index (χ4n) is 1.45. The molecule has 2 rings (SSSR count). The predicted molar refractivity (Wildman–Crippen MR) is 79.5 cm³/mol. The van der Waals surface area contributed by atoms with E-state index in [1.807, 2.05) is 5.32 Å². The van der Waals surface area contributed by atoms with Gasteiger partial charge in [0.15, 0.2) is 5.16 Å². The third-order valence-corrected chi connectivity index (χ3v) is 4.09. The van der Waals surface area contributed by atoms with Crippen molar-refractivity contribution in [3.05, 3.63) is 35.6 Å². The molecule has 0 spiro atoms. The lowest BCUT2D eigenvalue weighted by Crippen LogP contribution is -2.52. The van der Waals surface area contributed by atoms with Gasteiger partial charge in [-0.15, -0.1) is 0 Å². The zero-order valence-corrected chi connectivity index (χ0v) is 13.2. The van der Waals surface area contributed by atoms with Gasteiger partial charge in [0.05, 0.1) is 10.7 Å². The van der Waals surface area contributed by atoms with E-state index in [0.29, 0.717) is 17.0 Å². The van der Waals surface area contributed by atoms with Gasteiger partial charge in [-0.25, -0.2) is 4.98 Å². The summed E-state index contributed by atoms with van der Waals surface area (Å²) >= 11 is 7.21. The van der Waals surface area contributed by atoms with Gasteiger partial charge in [0.1, 0.15) is 0 Å². The summed E-state index contributed by atoms with van der Waals surface area (Å²) in [6, 6.07) is 4.36. The number of carbonyl (C=O) groups is 1. The SMILES string of the molecule is C[C@@](O)(C(=O)Nc1ccc(Sc2ncc[nH]2)cc1Cl)C(F)(F)F. The average Bonchev–Trinajstić information content (AvgIpc) is 2.93. The summed E-state index contributed by atoms with van der Waals surface area (Å²) in [5, 5.41) is 11.9. The Morgan fingerprint density at radius 1 is 1.43 bits per heavy atom. The summed E-state index contributed by atoms with van der Waals surface area (Å²) < 4.78 is 37.8. The van der Waals surface area contributed by atoms with E-state index in [2.05, 4.69) is 9.97 Å². The number of benzene rings is 1. The Morgan fingerprint density at radius 3 is 2.65 bits per heavy atom. The number of rotatable bonds is 4. The summed E-state index contributed by atoms with van der Waals surface area (Å²) in [6.45, 7) is 0.372. The molecule has 0 aliphatic rings. The summed E-state index contributed by atoms with van der Waals surface area (Å²) in [6.07, 6.45) is -1.89. The van der Waals surface area contributed by atoms with Crippen LogP contribution in [-0.2, 0) is 4.79 Å². The van der Waals surface area contributed by atoms with Crippen LogP contribution in [0.5, 0.6) is 0 Å². The number of aromatic amines is 1. The number of nitrogens with one attached hydrogen (secondary N) is 2. The maximum atomic E-state index is 12.6. The second-order valence-electron chi connectivity index (χ2n) is 4.66. The largest absolute Gasteiger partial charge is 0.426 e. The Morgan fingerprint density at radius 2 is 2.13 bits per heavy atom. The number of imidazole rings is 1. The van der Waals surface area contributed by atoms with Gasteiger partial charge in [0.25, 0.3) is 5.91 Å². The molecule has 1 atom stereocenters. The Labute approximate surface area is 138 Å². The second kappa shape index (κ2) is 6.42. The molecule has 0 bridgehead atoms. The van der Waals surface area contributed by atoms with Crippen LogP contribution in [0.15, 0.2) is 40.6 Å². The van der Waals surface area contributed by atoms with Crippen LogP contribution < -0.4 is 5.32 Å². The van der Waals surface area contributed by atoms with E-state index in [0.717, 1.165) is 0 Å². The quantitative estimate of drug-likeness (QED) is 0.775. The molecule has 0 unspecified atom stereocenters. The number of anilines is 1. The number of hydrogen-bond donors (Lipinski definition) is 3. The molecule has 0 saturated heterocycles. The lowest BCUT2D eigenvalue weighted by Gasteiger charge is -2.25. The van der Waals surface area contributed by atoms with Crippen LogP contribution in [0.25, 0.3) is 0 Å². The average molecular weight is 366 g/mol. The van der Waals surface area contributed by atoms with E-state index in [1.54, 1.807) is 18.5 Å². The van der Waals surface area contributed by atoms with E-state index in [4.69, 9.17) is 11.6 Å². The standard InChI is InChI=1S/C13H11ClF3N3O2S/c1-12(22,13(15,16)17)10(21)20-9-3-2-7(6-8(9)14)23-11-18-4-5-19-11/h2-6,22H,1H3,(H,18,19)(H,20,21)/t12-/m1/s1. The van der Waals surface area contributed by atoms with Crippen molar-refractivity contribution in [2.24, 2.45) is 0 Å². The van der Waals surface area contributed by atoms with Gasteiger partial charge in [-0.3, -0.25) is 4.79 Å². The number of aromatic nitrogens is 2. The first-order valence-electron chi connectivity index (χ1n) is 6.18. The fraction of sp³-hybridized carbons (Fsp3) is 0.231. The normalized spacial score (nSPS) is 14.3. The third-order valence-electron chi connectivity index (χ3n) is 2.87. The van der Waals surface area contributed by atoms with E-state index >= 15 is 0 Å². The van der Waals surface area contributed by atoms with Gasteiger partial charge in [-0.1, -0.05) is 23.4 Å². The van der Waals surface area contributed by atoms with Gasteiger partial charge in [-0.2, -0.15) is 13.2 Å². The van der Waals surface area contributed by atoms with Crippen molar-refractivity contribution < 1.29 is 23.1 Å². The van der Waals surface area contributed by atoms with Gasteiger partial charge in [0.2, 0.25) is 5.60 Å². The number of halogens is 4. The van der Waals surface area contributed by atoms with Crippen LogP contribution in [-0.4, -0.2) is 32.8 Å². The number of aliphatic hydroxyl groups is 1. The van der Waals surface area contributed by atoms with Gasteiger partial charge >= 0.3 is 6.18 Å². The first kappa shape index (κ1) is 17.6. The zero-order valence-electron chi connectivity index (χ0n) is 11.6. The highest BCUT2D eigenvalue weighted by Crippen LogP contribution is 2.34. The highest BCUT2D eigenvalue weighted by Gasteiger charge is 2.55. The molecule has 1 aromatic carbocycles. The van der Waals surface area contributed by atoms with Crippen molar-refractivity contribution in [1.29, 1.82) is 0 Å². The summed E-state index contributed by atoms with van der Waals surface area (Å²) in [5.41, 5.74) is -3.55. The number of H-pyrrole nitrogens is 1. The van der Waals surface area contributed by atoms with E-state index in [9.17, 15) is 23.1 Å². The summed E-state index contributed by atoms with van der Waals surface area (Å²) in [5.74, 6) is -1.61. The molecule has 124 valence electrons. The van der Waals surface area contributed by atoms with E-state index in [-0.39, 0.29) is 10.7 Å². The minimum Gasteiger partial charge on any atom is -0.373 e. The molecule has 23 heavy (non-hydrogen) atoms. The maximum Gasteiger partial charge on any atom is 0.426 e.